The number of rotatable bonds is 0. The van der Waals surface area contributed by atoms with Crippen molar-refractivity contribution in [3.8, 4) is 0 Å². The highest BCUT2D eigenvalue weighted by atomic mass is 19.1. The van der Waals surface area contributed by atoms with Gasteiger partial charge in [-0.2, -0.15) is 0 Å². The second-order valence-electron chi connectivity index (χ2n) is 3.04. The maximum atomic E-state index is 13.3. The molecule has 0 saturated heterocycles. The number of nitrogens with one attached hydrogen (secondary N) is 1. The van der Waals surface area contributed by atoms with Crippen LogP contribution in [0.3, 0.4) is 0 Å². The minimum absolute atomic E-state index is 0.0725. The summed E-state index contributed by atoms with van der Waals surface area (Å²) >= 11 is 0. The van der Waals surface area contributed by atoms with Crippen LogP contribution in [0.5, 0.6) is 0 Å². The van der Waals surface area contributed by atoms with Crippen molar-refractivity contribution < 1.29 is 9.18 Å². The number of carbonyl (C=O) groups excluding carboxylic acids is 1. The molecule has 0 saturated carbocycles. The van der Waals surface area contributed by atoms with Gasteiger partial charge in [0.15, 0.2) is 5.82 Å². The van der Waals surface area contributed by atoms with Gasteiger partial charge in [-0.15, -0.1) is 0 Å². The van der Waals surface area contributed by atoms with Crippen molar-refractivity contribution >= 4 is 17.3 Å². The first-order valence-corrected chi connectivity index (χ1v) is 4.05. The summed E-state index contributed by atoms with van der Waals surface area (Å²) in [5.41, 5.74) is 6.58. The predicted molar refractivity (Wildman–Crippen MR) is 47.8 cm³/mol. The highest BCUT2D eigenvalue weighted by molar-refractivity contribution is 5.94. The van der Waals surface area contributed by atoms with E-state index in [1.54, 1.807) is 6.07 Å². The van der Waals surface area contributed by atoms with Crippen LogP contribution in [0.4, 0.5) is 15.8 Å². The van der Waals surface area contributed by atoms with Gasteiger partial charge in [0.25, 0.3) is 0 Å². The summed E-state index contributed by atoms with van der Waals surface area (Å²) in [4.78, 5) is 11.0. The second-order valence-corrected chi connectivity index (χ2v) is 3.04. The molecule has 1 heterocycles. The summed E-state index contributed by atoms with van der Waals surface area (Å²) in [5, 5.41) is 2.59. The van der Waals surface area contributed by atoms with E-state index in [0.29, 0.717) is 24.1 Å². The van der Waals surface area contributed by atoms with E-state index in [1.165, 1.54) is 6.07 Å². The molecular weight excluding hydrogens is 171 g/mol. The fourth-order valence-electron chi connectivity index (χ4n) is 1.45. The number of halogens is 1. The third-order valence-electron chi connectivity index (χ3n) is 2.15. The smallest absolute Gasteiger partial charge is 0.224 e. The molecule has 13 heavy (non-hydrogen) atoms. The molecule has 0 radical (unpaired) electrons. The van der Waals surface area contributed by atoms with E-state index in [2.05, 4.69) is 5.32 Å². The highest BCUT2D eigenvalue weighted by Gasteiger charge is 2.18. The molecule has 0 bridgehead atoms. The van der Waals surface area contributed by atoms with Crippen LogP contribution in [-0.4, -0.2) is 5.91 Å². The maximum absolute atomic E-state index is 13.3. The number of fused-ring (bicyclic) bond motifs is 1. The molecule has 0 spiro atoms. The van der Waals surface area contributed by atoms with Crippen LogP contribution in [0.15, 0.2) is 12.1 Å². The Kier molecular flexibility index (Phi) is 1.69. The number of anilines is 2. The van der Waals surface area contributed by atoms with Gasteiger partial charge < -0.3 is 11.1 Å². The van der Waals surface area contributed by atoms with Crippen molar-refractivity contribution in [3.63, 3.8) is 0 Å². The lowest BCUT2D eigenvalue weighted by molar-refractivity contribution is -0.116. The fourth-order valence-corrected chi connectivity index (χ4v) is 1.45. The first-order chi connectivity index (χ1) is 6.18. The fraction of sp³-hybridized carbons (Fsp3) is 0.222. The Hall–Kier alpha value is -1.58. The Morgan fingerprint density at radius 1 is 1.38 bits per heavy atom. The van der Waals surface area contributed by atoms with Crippen LogP contribution in [0.25, 0.3) is 0 Å². The molecule has 68 valence electrons. The molecule has 2 rings (SSSR count). The number of nitrogens with two attached hydrogens (primary N) is 1. The highest BCUT2D eigenvalue weighted by Crippen LogP contribution is 2.28. The summed E-state index contributed by atoms with van der Waals surface area (Å²) < 4.78 is 13.3. The zero-order valence-electron chi connectivity index (χ0n) is 6.93. The molecule has 4 heteroatoms. The van der Waals surface area contributed by atoms with Gasteiger partial charge >= 0.3 is 0 Å². The molecule has 0 aliphatic carbocycles. The number of nitrogen functional groups attached to an aromatic ring is 1. The van der Waals surface area contributed by atoms with Crippen LogP contribution >= 0.6 is 0 Å². The summed E-state index contributed by atoms with van der Waals surface area (Å²) in [5.74, 6) is -0.478. The maximum Gasteiger partial charge on any atom is 0.224 e. The Bertz CT molecular complexity index is 376. The SMILES string of the molecule is Nc1ccc2c(c1F)CCC(=O)N2. The number of hydrogen-bond donors (Lipinski definition) is 2. The van der Waals surface area contributed by atoms with Crippen LogP contribution in [0.2, 0.25) is 0 Å². The summed E-state index contributed by atoms with van der Waals surface area (Å²) in [7, 11) is 0. The van der Waals surface area contributed by atoms with E-state index in [9.17, 15) is 9.18 Å². The van der Waals surface area contributed by atoms with Crippen LogP contribution < -0.4 is 11.1 Å². The average molecular weight is 180 g/mol. The van der Waals surface area contributed by atoms with E-state index < -0.39 is 5.82 Å². The van der Waals surface area contributed by atoms with Crippen molar-refractivity contribution in [3.05, 3.63) is 23.5 Å². The topological polar surface area (TPSA) is 55.1 Å². The van der Waals surface area contributed by atoms with Crippen molar-refractivity contribution in [2.75, 3.05) is 11.1 Å². The zero-order chi connectivity index (χ0) is 9.42. The van der Waals surface area contributed by atoms with Gasteiger partial charge in [-0.25, -0.2) is 4.39 Å². The van der Waals surface area contributed by atoms with Crippen LogP contribution in [0, 0.1) is 5.82 Å². The standard InChI is InChI=1S/C9H9FN2O/c10-9-5-1-4-8(13)12-7(5)3-2-6(9)11/h2-3H,1,4,11H2,(H,12,13). The van der Waals surface area contributed by atoms with Crippen molar-refractivity contribution in [2.45, 2.75) is 12.8 Å². The lowest BCUT2D eigenvalue weighted by atomic mass is 10.0. The number of carbonyl (C=O) groups is 1. The van der Waals surface area contributed by atoms with E-state index in [-0.39, 0.29) is 11.6 Å². The second kappa shape index (κ2) is 2.73. The van der Waals surface area contributed by atoms with E-state index >= 15 is 0 Å². The van der Waals surface area contributed by atoms with Gasteiger partial charge in [-0.3, -0.25) is 4.79 Å². The van der Waals surface area contributed by atoms with E-state index in [4.69, 9.17) is 5.73 Å². The normalized spacial score (nSPS) is 15.0. The quantitative estimate of drug-likeness (QED) is 0.591. The van der Waals surface area contributed by atoms with Gasteiger partial charge in [-0.1, -0.05) is 0 Å². The molecule has 1 aromatic carbocycles. The predicted octanol–water partition coefficient (Wildman–Crippen LogP) is 1.29. The molecule has 0 unspecified atom stereocenters. The molecule has 1 aliphatic rings. The lowest BCUT2D eigenvalue weighted by Gasteiger charge is -2.17. The molecular formula is C9H9FN2O. The van der Waals surface area contributed by atoms with Gasteiger partial charge in [-0.05, 0) is 18.6 Å². The number of benzene rings is 1. The first-order valence-electron chi connectivity index (χ1n) is 4.05. The minimum atomic E-state index is -0.405. The summed E-state index contributed by atoms with van der Waals surface area (Å²) in [6.07, 6.45) is 0.755. The van der Waals surface area contributed by atoms with Crippen LogP contribution in [0.1, 0.15) is 12.0 Å². The molecule has 3 N–H and O–H groups in total. The van der Waals surface area contributed by atoms with Gasteiger partial charge in [0.1, 0.15) is 0 Å². The van der Waals surface area contributed by atoms with Crippen molar-refractivity contribution in [1.82, 2.24) is 0 Å². The molecule has 0 aromatic heterocycles. The minimum Gasteiger partial charge on any atom is -0.396 e. The van der Waals surface area contributed by atoms with Gasteiger partial charge in [0.05, 0.1) is 5.69 Å². The molecule has 0 fully saturated rings. The van der Waals surface area contributed by atoms with Crippen molar-refractivity contribution in [1.29, 1.82) is 0 Å². The van der Waals surface area contributed by atoms with E-state index in [1.807, 2.05) is 0 Å². The first kappa shape index (κ1) is 8.04. The average Bonchev–Trinajstić information content (AvgIpc) is 2.12. The number of hydrogen-bond acceptors (Lipinski definition) is 2. The molecule has 1 aliphatic heterocycles. The largest absolute Gasteiger partial charge is 0.396 e. The summed E-state index contributed by atoms with van der Waals surface area (Å²) in [6, 6.07) is 3.09. The number of amides is 1. The van der Waals surface area contributed by atoms with Gasteiger partial charge in [0.2, 0.25) is 5.91 Å². The molecule has 0 atom stereocenters. The lowest BCUT2D eigenvalue weighted by Crippen LogP contribution is -2.20. The molecule has 3 nitrogen and oxygen atoms in total. The Morgan fingerprint density at radius 2 is 2.15 bits per heavy atom. The van der Waals surface area contributed by atoms with Gasteiger partial charge in [0, 0.05) is 17.7 Å². The monoisotopic (exact) mass is 180 g/mol. The Balaban J connectivity index is 2.53. The zero-order valence-corrected chi connectivity index (χ0v) is 6.93. The summed E-state index contributed by atoms with van der Waals surface area (Å²) in [6.45, 7) is 0. The Morgan fingerprint density at radius 3 is 2.92 bits per heavy atom. The van der Waals surface area contributed by atoms with Crippen molar-refractivity contribution in [2.24, 2.45) is 0 Å². The van der Waals surface area contributed by atoms with E-state index in [0.717, 1.165) is 0 Å². The Labute approximate surface area is 74.7 Å². The van der Waals surface area contributed by atoms with Crippen LogP contribution in [-0.2, 0) is 11.2 Å². The third-order valence-corrected chi connectivity index (χ3v) is 2.15. The molecule has 1 amide bonds. The third kappa shape index (κ3) is 1.24. The molecule has 1 aromatic rings.